The second kappa shape index (κ2) is 6.20. The highest BCUT2D eigenvalue weighted by Crippen LogP contribution is 2.34. The minimum atomic E-state index is 0.148. The van der Waals surface area contributed by atoms with Gasteiger partial charge < -0.3 is 10.6 Å². The summed E-state index contributed by atoms with van der Waals surface area (Å²) in [4.78, 5) is 14.7. The van der Waals surface area contributed by atoms with Gasteiger partial charge in [0.25, 0.3) is 0 Å². The van der Waals surface area contributed by atoms with Crippen molar-refractivity contribution in [2.24, 2.45) is 11.7 Å². The Hall–Kier alpha value is -1.35. The highest BCUT2D eigenvalue weighted by atomic mass is 16.2. The van der Waals surface area contributed by atoms with Crippen LogP contribution in [-0.2, 0) is 11.3 Å². The van der Waals surface area contributed by atoms with Gasteiger partial charge in [-0.1, -0.05) is 26.0 Å². The Morgan fingerprint density at radius 2 is 1.84 bits per heavy atom. The summed E-state index contributed by atoms with van der Waals surface area (Å²) >= 11 is 0. The van der Waals surface area contributed by atoms with E-state index in [0.29, 0.717) is 12.6 Å². The van der Waals surface area contributed by atoms with Crippen molar-refractivity contribution in [1.82, 2.24) is 0 Å². The van der Waals surface area contributed by atoms with Crippen LogP contribution in [0.3, 0.4) is 0 Å². The third kappa shape index (κ3) is 3.16. The molecule has 0 spiro atoms. The lowest BCUT2D eigenvalue weighted by molar-refractivity contribution is -0.122. The normalized spacial score (nSPS) is 14.7. The zero-order valence-corrected chi connectivity index (χ0v) is 11.9. The van der Waals surface area contributed by atoms with Crippen LogP contribution >= 0.6 is 0 Å². The molecular weight excluding hydrogens is 236 g/mol. The number of benzene rings is 1. The van der Waals surface area contributed by atoms with Crippen LogP contribution in [0, 0.1) is 5.92 Å². The molecule has 1 aliphatic rings. The van der Waals surface area contributed by atoms with E-state index in [1.165, 1.54) is 0 Å². The summed E-state index contributed by atoms with van der Waals surface area (Å²) in [5.74, 6) is 0.433. The van der Waals surface area contributed by atoms with Crippen LogP contribution in [0.1, 0.15) is 45.1 Å². The monoisotopic (exact) mass is 260 g/mol. The van der Waals surface area contributed by atoms with Gasteiger partial charge in [0.15, 0.2) is 0 Å². The van der Waals surface area contributed by atoms with E-state index in [-0.39, 0.29) is 11.8 Å². The first-order chi connectivity index (χ1) is 9.21. The summed E-state index contributed by atoms with van der Waals surface area (Å²) in [7, 11) is 0. The second-order valence-corrected chi connectivity index (χ2v) is 5.32. The number of amides is 1. The molecule has 0 radical (unpaired) electrons. The number of anilines is 1. The maximum Gasteiger partial charge on any atom is 0.230 e. The summed E-state index contributed by atoms with van der Waals surface area (Å²) in [6, 6.07) is 8.51. The predicted molar refractivity (Wildman–Crippen MR) is 78.9 cm³/mol. The summed E-state index contributed by atoms with van der Waals surface area (Å²) in [5.41, 5.74) is 7.75. The first kappa shape index (κ1) is 14.1. The van der Waals surface area contributed by atoms with Gasteiger partial charge in [0.2, 0.25) is 5.91 Å². The molecule has 1 aromatic rings. The van der Waals surface area contributed by atoms with Crippen molar-refractivity contribution in [3.8, 4) is 0 Å². The Morgan fingerprint density at radius 1 is 1.26 bits per heavy atom. The molecule has 0 heterocycles. The van der Waals surface area contributed by atoms with Crippen molar-refractivity contribution >= 4 is 11.6 Å². The van der Waals surface area contributed by atoms with Gasteiger partial charge in [-0.3, -0.25) is 4.79 Å². The van der Waals surface area contributed by atoms with E-state index in [0.717, 1.165) is 36.9 Å². The number of hydrogen-bond acceptors (Lipinski definition) is 2. The Kier molecular flexibility index (Phi) is 4.59. The fourth-order valence-corrected chi connectivity index (χ4v) is 2.48. The molecule has 1 aliphatic carbocycles. The molecule has 0 aromatic heterocycles. The maximum atomic E-state index is 12.6. The average molecular weight is 260 g/mol. The van der Waals surface area contributed by atoms with Crippen LogP contribution in [0.4, 0.5) is 5.69 Å². The minimum absolute atomic E-state index is 0.148. The third-order valence-corrected chi connectivity index (χ3v) is 3.93. The molecule has 104 valence electrons. The smallest absolute Gasteiger partial charge is 0.230 e. The molecule has 0 atom stereocenters. The van der Waals surface area contributed by atoms with E-state index in [1.807, 2.05) is 29.2 Å². The minimum Gasteiger partial charge on any atom is -0.326 e. The molecular formula is C16H24N2O. The Morgan fingerprint density at radius 3 is 2.26 bits per heavy atom. The molecule has 1 amide bonds. The van der Waals surface area contributed by atoms with Gasteiger partial charge in [-0.2, -0.15) is 0 Å². The highest BCUT2D eigenvalue weighted by Gasteiger charge is 2.35. The molecule has 2 rings (SSSR count). The SMILES string of the molecule is CCC(CC)C(=O)N(c1ccc(CN)cc1)C1CC1. The molecule has 1 aromatic carbocycles. The Balaban J connectivity index is 2.21. The fourth-order valence-electron chi connectivity index (χ4n) is 2.48. The lowest BCUT2D eigenvalue weighted by atomic mass is 10.0. The zero-order valence-electron chi connectivity index (χ0n) is 11.9. The van der Waals surface area contributed by atoms with Gasteiger partial charge in [0, 0.05) is 24.2 Å². The molecule has 0 unspecified atom stereocenters. The molecule has 3 nitrogen and oxygen atoms in total. The molecule has 0 aliphatic heterocycles. The quantitative estimate of drug-likeness (QED) is 0.854. The van der Waals surface area contributed by atoms with Gasteiger partial charge in [0.05, 0.1) is 0 Å². The van der Waals surface area contributed by atoms with Crippen LogP contribution in [0.5, 0.6) is 0 Å². The van der Waals surface area contributed by atoms with E-state index >= 15 is 0 Å². The number of nitrogens with two attached hydrogens (primary N) is 1. The van der Waals surface area contributed by atoms with E-state index < -0.39 is 0 Å². The van der Waals surface area contributed by atoms with Gasteiger partial charge in [-0.05, 0) is 43.4 Å². The summed E-state index contributed by atoms with van der Waals surface area (Å²) in [6.45, 7) is 4.73. The Bertz CT molecular complexity index is 419. The summed E-state index contributed by atoms with van der Waals surface area (Å²) in [5, 5.41) is 0. The largest absolute Gasteiger partial charge is 0.326 e. The van der Waals surface area contributed by atoms with E-state index in [4.69, 9.17) is 5.73 Å². The topological polar surface area (TPSA) is 46.3 Å². The summed E-state index contributed by atoms with van der Waals surface area (Å²) in [6.07, 6.45) is 4.09. The third-order valence-electron chi connectivity index (χ3n) is 3.93. The van der Waals surface area contributed by atoms with Crippen LogP contribution < -0.4 is 10.6 Å². The van der Waals surface area contributed by atoms with E-state index in [2.05, 4.69) is 13.8 Å². The summed E-state index contributed by atoms with van der Waals surface area (Å²) < 4.78 is 0. The zero-order chi connectivity index (χ0) is 13.8. The van der Waals surface area contributed by atoms with Crippen molar-refractivity contribution in [2.75, 3.05) is 4.90 Å². The molecule has 19 heavy (non-hydrogen) atoms. The van der Waals surface area contributed by atoms with Crippen molar-refractivity contribution in [2.45, 2.75) is 52.1 Å². The lowest BCUT2D eigenvalue weighted by Crippen LogP contribution is -2.37. The van der Waals surface area contributed by atoms with Gasteiger partial charge in [0.1, 0.15) is 0 Å². The van der Waals surface area contributed by atoms with Gasteiger partial charge in [-0.25, -0.2) is 0 Å². The molecule has 0 saturated heterocycles. The van der Waals surface area contributed by atoms with Crippen LogP contribution in [0.25, 0.3) is 0 Å². The van der Waals surface area contributed by atoms with E-state index in [1.54, 1.807) is 0 Å². The first-order valence-corrected chi connectivity index (χ1v) is 7.33. The van der Waals surface area contributed by atoms with E-state index in [9.17, 15) is 4.79 Å². The predicted octanol–water partition coefficient (Wildman–Crippen LogP) is 3.08. The molecule has 0 bridgehead atoms. The number of rotatable bonds is 6. The van der Waals surface area contributed by atoms with Crippen LogP contribution in [-0.4, -0.2) is 11.9 Å². The standard InChI is InChI=1S/C16H24N2O/c1-3-13(4-2)16(19)18(15-9-10-15)14-7-5-12(11-17)6-8-14/h5-8,13,15H,3-4,9-11,17H2,1-2H3. The number of nitrogens with zero attached hydrogens (tertiary/aromatic N) is 1. The van der Waals surface area contributed by atoms with Gasteiger partial charge in [-0.15, -0.1) is 0 Å². The van der Waals surface area contributed by atoms with Crippen LogP contribution in [0.15, 0.2) is 24.3 Å². The number of hydrogen-bond donors (Lipinski definition) is 1. The molecule has 1 fully saturated rings. The van der Waals surface area contributed by atoms with Crippen molar-refractivity contribution < 1.29 is 4.79 Å². The van der Waals surface area contributed by atoms with Crippen molar-refractivity contribution in [3.05, 3.63) is 29.8 Å². The van der Waals surface area contributed by atoms with Crippen LogP contribution in [0.2, 0.25) is 0 Å². The molecule has 3 heteroatoms. The second-order valence-electron chi connectivity index (χ2n) is 5.32. The Labute approximate surface area is 115 Å². The van der Waals surface area contributed by atoms with Crippen molar-refractivity contribution in [3.63, 3.8) is 0 Å². The van der Waals surface area contributed by atoms with Crippen molar-refractivity contribution in [1.29, 1.82) is 0 Å². The molecule has 1 saturated carbocycles. The van der Waals surface area contributed by atoms with Gasteiger partial charge >= 0.3 is 0 Å². The maximum absolute atomic E-state index is 12.6. The number of carbonyl (C=O) groups excluding carboxylic acids is 1. The lowest BCUT2D eigenvalue weighted by Gasteiger charge is -2.26. The fraction of sp³-hybridized carbons (Fsp3) is 0.562. The molecule has 2 N–H and O–H groups in total. The first-order valence-electron chi connectivity index (χ1n) is 7.33. The number of carbonyl (C=O) groups is 1. The highest BCUT2D eigenvalue weighted by molar-refractivity contribution is 5.96. The average Bonchev–Trinajstić information content (AvgIpc) is 3.26.